The average Bonchev–Trinajstić information content (AvgIpc) is 3.75. The highest BCUT2D eigenvalue weighted by molar-refractivity contribution is 7.15. The van der Waals surface area contributed by atoms with Crippen molar-refractivity contribution < 1.29 is 30.6 Å². The Morgan fingerprint density at radius 1 is 0.750 bits per heavy atom. The molecule has 288 valence electrons. The molecule has 0 radical (unpaired) electrons. The number of fused-ring (bicyclic) bond motifs is 10. The van der Waals surface area contributed by atoms with Crippen molar-refractivity contribution in [1.82, 2.24) is 19.1 Å². The lowest BCUT2D eigenvalue weighted by Crippen LogP contribution is -2.44. The van der Waals surface area contributed by atoms with Crippen LogP contribution in [0.4, 0.5) is 0 Å². The maximum atomic E-state index is 13.1. The molecule has 3 atom stereocenters. The molecule has 2 aromatic carbocycles. The number of pyridine rings is 4. The largest absolute Gasteiger partial charge is 0.458 e. The summed E-state index contributed by atoms with van der Waals surface area (Å²) in [4.78, 5) is 59.9. The van der Waals surface area contributed by atoms with Crippen molar-refractivity contribution >= 4 is 43.0 Å². The number of carbonyl (C=O) groups excluding carboxylic acids is 2. The van der Waals surface area contributed by atoms with Gasteiger partial charge in [0, 0.05) is 34.4 Å². The maximum absolute atomic E-state index is 13.1. The van der Waals surface area contributed by atoms with Gasteiger partial charge in [0.25, 0.3) is 11.1 Å². The lowest BCUT2D eigenvalue weighted by Gasteiger charge is -2.31. The fourth-order valence-electron chi connectivity index (χ4n) is 8.08. The number of esters is 2. The van der Waals surface area contributed by atoms with Crippen LogP contribution in [-0.2, 0) is 56.6 Å². The van der Waals surface area contributed by atoms with Crippen LogP contribution in [0.5, 0.6) is 0 Å². The Morgan fingerprint density at radius 2 is 1.23 bits per heavy atom. The lowest BCUT2D eigenvalue weighted by molar-refractivity contribution is -0.172. The number of aliphatic hydroxyl groups is 2. The molecule has 0 bridgehead atoms. The molecular weight excluding hydrogens is 731 g/mol. The van der Waals surface area contributed by atoms with E-state index >= 15 is 0 Å². The Hall–Kier alpha value is -5.55. The molecule has 1 unspecified atom stereocenters. The van der Waals surface area contributed by atoms with Gasteiger partial charge in [-0.1, -0.05) is 58.2 Å². The molecule has 10 rings (SSSR count). The van der Waals surface area contributed by atoms with Gasteiger partial charge in [0.05, 0.1) is 58.0 Å². The van der Waals surface area contributed by atoms with E-state index in [1.54, 1.807) is 35.1 Å². The molecule has 4 aliphatic rings. The van der Waals surface area contributed by atoms with Gasteiger partial charge in [-0.25, -0.2) is 19.6 Å². The molecule has 8 heterocycles. The van der Waals surface area contributed by atoms with Crippen LogP contribution in [0.3, 0.4) is 0 Å². The fourth-order valence-corrected chi connectivity index (χ4v) is 8.08. The number of carbonyl (C=O) groups is 2. The summed E-state index contributed by atoms with van der Waals surface area (Å²) in [6, 6.07) is 21.3. The number of hydrogen-bond donors (Lipinski definition) is 2. The first-order valence-electron chi connectivity index (χ1n) is 18.7. The van der Waals surface area contributed by atoms with Crippen LogP contribution in [0.15, 0.2) is 76.3 Å². The number of aromatic nitrogens is 4. The number of hydrogen-bond acceptors (Lipinski definition) is 10. The summed E-state index contributed by atoms with van der Waals surface area (Å²) in [6.07, 6.45) is 0.276. The third-order valence-corrected chi connectivity index (χ3v) is 11.2. The minimum Gasteiger partial charge on any atom is -0.458 e. The third-order valence-electron chi connectivity index (χ3n) is 11.2. The SMILES string of the molecule is C.CC[C@@]1(O)C(=O)OCc2c1cc1n(c2=O)Cc2cc3c(C)cccc3nc2-1.CC[C@@]1(O)C(=O)OCc2c1cc1n(c2=O)Cc2cc3ccccc3nc2-1.[3H]CP. The molecular formula is C43H43N4O8P. The number of cyclic esters (lactones) is 2. The number of para-hydroxylation sites is 1. The van der Waals surface area contributed by atoms with Crippen LogP contribution in [0, 0.1) is 6.92 Å². The second-order valence-corrected chi connectivity index (χ2v) is 14.0. The highest BCUT2D eigenvalue weighted by atomic mass is 31.0. The number of ether oxygens (including phenoxy) is 2. The Bertz CT molecular complexity index is 2780. The van der Waals surface area contributed by atoms with Crippen LogP contribution in [0.1, 0.15) is 74.4 Å². The molecule has 12 nitrogen and oxygen atoms in total. The molecule has 13 heteroatoms. The summed E-state index contributed by atoms with van der Waals surface area (Å²) in [5, 5.41) is 23.8. The van der Waals surface area contributed by atoms with Gasteiger partial charge < -0.3 is 28.8 Å². The summed E-state index contributed by atoms with van der Waals surface area (Å²) < 4.78 is 19.6. The van der Waals surface area contributed by atoms with Crippen molar-refractivity contribution in [3.8, 4) is 22.8 Å². The van der Waals surface area contributed by atoms with E-state index < -0.39 is 23.1 Å². The van der Waals surface area contributed by atoms with E-state index in [0.717, 1.165) is 49.9 Å². The lowest BCUT2D eigenvalue weighted by atomic mass is 9.86. The fraction of sp³-hybridized carbons (Fsp3) is 0.302. The first-order valence-corrected chi connectivity index (χ1v) is 18.8. The topological polar surface area (TPSA) is 163 Å². The van der Waals surface area contributed by atoms with Gasteiger partial charge in [0.15, 0.2) is 11.2 Å². The number of nitrogens with zero attached hydrogens (tertiary/aromatic N) is 4. The van der Waals surface area contributed by atoms with Crippen LogP contribution >= 0.6 is 9.24 Å². The van der Waals surface area contributed by atoms with Gasteiger partial charge in [-0.3, -0.25) is 9.59 Å². The molecule has 4 aliphatic heterocycles. The molecule has 4 aromatic heterocycles. The van der Waals surface area contributed by atoms with Gasteiger partial charge >= 0.3 is 11.9 Å². The van der Waals surface area contributed by atoms with Crippen LogP contribution in [0.2, 0.25) is 0 Å². The molecule has 2 N–H and O–H groups in total. The summed E-state index contributed by atoms with van der Waals surface area (Å²) in [6.45, 7) is 6.47. The number of benzene rings is 2. The third kappa shape index (κ3) is 5.61. The maximum Gasteiger partial charge on any atom is 0.343 e. The Morgan fingerprint density at radius 3 is 1.77 bits per heavy atom. The van der Waals surface area contributed by atoms with Gasteiger partial charge in [0.1, 0.15) is 13.2 Å². The number of aryl methyl sites for hydroxylation is 1. The van der Waals surface area contributed by atoms with Gasteiger partial charge in [-0.15, -0.1) is 9.24 Å². The summed E-state index contributed by atoms with van der Waals surface area (Å²) >= 11 is 0. The molecule has 0 saturated carbocycles. The highest BCUT2D eigenvalue weighted by Gasteiger charge is 2.46. The van der Waals surface area contributed by atoms with E-state index in [-0.39, 0.29) is 44.6 Å². The molecule has 0 aliphatic carbocycles. The Labute approximate surface area is 326 Å². The van der Waals surface area contributed by atoms with Gasteiger partial charge in [-0.05, 0) is 61.7 Å². The van der Waals surface area contributed by atoms with E-state index in [9.17, 15) is 29.4 Å². The van der Waals surface area contributed by atoms with Crippen LogP contribution in [0.25, 0.3) is 44.6 Å². The van der Waals surface area contributed by atoms with Gasteiger partial charge in [0.2, 0.25) is 0 Å². The minimum absolute atomic E-state index is 0. The van der Waals surface area contributed by atoms with E-state index in [4.69, 9.17) is 20.8 Å². The van der Waals surface area contributed by atoms with Crippen LogP contribution < -0.4 is 11.1 Å². The normalized spacial score (nSPS) is 19.6. The Balaban J connectivity index is 0.000000161. The van der Waals surface area contributed by atoms with Crippen molar-refractivity contribution in [1.29, 1.82) is 0 Å². The van der Waals surface area contributed by atoms with Crippen molar-refractivity contribution in [3.63, 3.8) is 0 Å². The van der Waals surface area contributed by atoms with E-state index in [1.807, 2.05) is 55.5 Å². The average molecular weight is 777 g/mol. The van der Waals surface area contributed by atoms with Crippen molar-refractivity contribution in [2.45, 2.75) is 78.5 Å². The minimum atomic E-state index is -1.79. The molecule has 0 amide bonds. The van der Waals surface area contributed by atoms with Crippen molar-refractivity contribution in [3.05, 3.63) is 126 Å². The quantitative estimate of drug-likeness (QED) is 0.167. The van der Waals surface area contributed by atoms with Gasteiger partial charge in [-0.2, -0.15) is 0 Å². The summed E-state index contributed by atoms with van der Waals surface area (Å²) in [7, 11) is 2.25. The molecule has 0 saturated heterocycles. The van der Waals surface area contributed by atoms with E-state index in [2.05, 4.69) is 15.3 Å². The second-order valence-electron chi connectivity index (χ2n) is 14.0. The van der Waals surface area contributed by atoms with Crippen molar-refractivity contribution in [2.24, 2.45) is 0 Å². The molecule has 0 fully saturated rings. The zero-order chi connectivity index (χ0) is 39.7. The first-order chi connectivity index (χ1) is 26.9. The second kappa shape index (κ2) is 14.2. The van der Waals surface area contributed by atoms with E-state index in [0.29, 0.717) is 53.4 Å². The number of rotatable bonds is 2. The zero-order valence-corrected chi connectivity index (χ0v) is 31.7. The van der Waals surface area contributed by atoms with Crippen LogP contribution in [-0.4, -0.2) is 47.9 Å². The monoisotopic (exact) mass is 776 g/mol. The summed E-state index contributed by atoms with van der Waals surface area (Å²) in [5.74, 6) is -1.41. The first kappa shape index (κ1) is 37.4. The molecule has 0 spiro atoms. The van der Waals surface area contributed by atoms with E-state index in [1.165, 1.54) is 0 Å². The predicted molar refractivity (Wildman–Crippen MR) is 216 cm³/mol. The highest BCUT2D eigenvalue weighted by Crippen LogP contribution is 2.40. The smallest absolute Gasteiger partial charge is 0.343 e. The summed E-state index contributed by atoms with van der Waals surface area (Å²) in [5.41, 5.74) is 4.79. The predicted octanol–water partition coefficient (Wildman–Crippen LogP) is 5.60. The molecule has 6 aromatic rings. The Kier molecular flexibility index (Phi) is 9.47. The standard InChI is InChI=1S/C21H18N2O4.C20H16N2O4.CH5P.CH4/c1-3-21(26)15-8-17-18-12(7-13-11(2)5-4-6-16(13)22-18)9-23(17)19(24)14(15)10-27-20(21)25;1-2-20(25)14-8-16-17-12(7-11-5-3-4-6-15(11)21-17)9-22(16)18(23)13(14)10-26-19(20)24;1-2;/h4-8,26H,3,9-10H2,1-2H3;3-8,25H,2,9-10H2,1H3;2H2,1H3;1H4/t21-;20-;;/m00../s1/i;;1T;. The molecule has 56 heavy (non-hydrogen) atoms. The zero-order valence-electron chi connectivity index (χ0n) is 31.5. The van der Waals surface area contributed by atoms with Crippen molar-refractivity contribution in [2.75, 3.05) is 6.64 Å².